The first-order valence-electron chi connectivity index (χ1n) is 6.05. The molecule has 1 aromatic carbocycles. The van der Waals surface area contributed by atoms with Crippen molar-refractivity contribution in [3.8, 4) is 6.07 Å². The molecule has 0 amide bonds. The van der Waals surface area contributed by atoms with E-state index in [1.54, 1.807) is 6.92 Å². The Labute approximate surface area is 123 Å². The molecule has 0 aliphatic carbocycles. The monoisotopic (exact) mass is 312 g/mol. The number of sulfonamides is 1. The number of carbonyl (C=O) groups is 1. The SMILES string of the molecule is COC(CNS(=O)(=O)c1ccc(C#N)cc1C)CC(=O)O. The van der Waals surface area contributed by atoms with Crippen LogP contribution in [0.1, 0.15) is 17.5 Å². The standard InChI is InChI=1S/C13H16N2O5S/c1-9-5-10(7-14)3-4-12(9)21(18,19)15-8-11(20-2)6-13(16)17/h3-5,11,15H,6,8H2,1-2H3,(H,16,17). The van der Waals surface area contributed by atoms with Gasteiger partial charge in [-0.15, -0.1) is 0 Å². The molecule has 1 aromatic rings. The molecule has 1 unspecified atom stereocenters. The molecule has 0 fully saturated rings. The summed E-state index contributed by atoms with van der Waals surface area (Å²) < 4.78 is 31.5. The highest BCUT2D eigenvalue weighted by Gasteiger charge is 2.20. The van der Waals surface area contributed by atoms with E-state index < -0.39 is 22.1 Å². The van der Waals surface area contributed by atoms with Gasteiger partial charge in [-0.05, 0) is 30.7 Å². The zero-order valence-corrected chi connectivity index (χ0v) is 12.5. The number of rotatable bonds is 7. The molecule has 1 atom stereocenters. The van der Waals surface area contributed by atoms with Crippen LogP contribution in [-0.4, -0.2) is 39.3 Å². The van der Waals surface area contributed by atoms with Crippen molar-refractivity contribution in [2.45, 2.75) is 24.3 Å². The van der Waals surface area contributed by atoms with Gasteiger partial charge in [0.05, 0.1) is 29.1 Å². The van der Waals surface area contributed by atoms with Gasteiger partial charge in [-0.25, -0.2) is 13.1 Å². The molecule has 0 bridgehead atoms. The highest BCUT2D eigenvalue weighted by Crippen LogP contribution is 2.16. The minimum absolute atomic E-state index is 0.0479. The van der Waals surface area contributed by atoms with Crippen molar-refractivity contribution >= 4 is 16.0 Å². The molecule has 0 saturated carbocycles. The summed E-state index contributed by atoms with van der Waals surface area (Å²) in [6.07, 6.45) is -1.05. The molecule has 8 heteroatoms. The van der Waals surface area contributed by atoms with E-state index in [1.165, 1.54) is 25.3 Å². The van der Waals surface area contributed by atoms with E-state index in [4.69, 9.17) is 15.1 Å². The average Bonchev–Trinajstić information content (AvgIpc) is 2.42. The van der Waals surface area contributed by atoms with Gasteiger partial charge < -0.3 is 9.84 Å². The molecule has 2 N–H and O–H groups in total. The first-order valence-corrected chi connectivity index (χ1v) is 7.53. The first kappa shape index (κ1) is 17.1. The lowest BCUT2D eigenvalue weighted by molar-refractivity contribution is -0.139. The lowest BCUT2D eigenvalue weighted by Crippen LogP contribution is -2.34. The lowest BCUT2D eigenvalue weighted by atomic mass is 10.2. The van der Waals surface area contributed by atoms with Gasteiger partial charge in [0, 0.05) is 13.7 Å². The van der Waals surface area contributed by atoms with Crippen LogP contribution in [0.5, 0.6) is 0 Å². The first-order chi connectivity index (χ1) is 9.80. The van der Waals surface area contributed by atoms with E-state index in [1.807, 2.05) is 6.07 Å². The fourth-order valence-corrected chi connectivity index (χ4v) is 3.03. The van der Waals surface area contributed by atoms with Crippen molar-refractivity contribution in [1.29, 1.82) is 5.26 Å². The molecule has 0 heterocycles. The van der Waals surface area contributed by atoms with Crippen molar-refractivity contribution in [2.75, 3.05) is 13.7 Å². The van der Waals surface area contributed by atoms with E-state index in [0.29, 0.717) is 11.1 Å². The Kier molecular flexibility index (Phi) is 5.84. The molecule has 0 saturated heterocycles. The number of nitriles is 1. The van der Waals surface area contributed by atoms with E-state index in [-0.39, 0.29) is 17.9 Å². The van der Waals surface area contributed by atoms with Gasteiger partial charge in [0.1, 0.15) is 0 Å². The van der Waals surface area contributed by atoms with E-state index in [0.717, 1.165) is 0 Å². The summed E-state index contributed by atoms with van der Waals surface area (Å²) >= 11 is 0. The maximum Gasteiger partial charge on any atom is 0.306 e. The highest BCUT2D eigenvalue weighted by molar-refractivity contribution is 7.89. The quantitative estimate of drug-likeness (QED) is 0.763. The van der Waals surface area contributed by atoms with Gasteiger partial charge in [0.2, 0.25) is 10.0 Å². The van der Waals surface area contributed by atoms with Gasteiger partial charge in [0.25, 0.3) is 0 Å². The Morgan fingerprint density at radius 1 is 1.52 bits per heavy atom. The Morgan fingerprint density at radius 2 is 2.19 bits per heavy atom. The number of hydrogen-bond acceptors (Lipinski definition) is 5. The lowest BCUT2D eigenvalue weighted by Gasteiger charge is -2.15. The van der Waals surface area contributed by atoms with E-state index in [2.05, 4.69) is 4.72 Å². The molecule has 0 spiro atoms. The zero-order chi connectivity index (χ0) is 16.0. The van der Waals surface area contributed by atoms with Crippen LogP contribution in [0.3, 0.4) is 0 Å². The molecule has 7 nitrogen and oxygen atoms in total. The van der Waals surface area contributed by atoms with Crippen LogP contribution in [0.2, 0.25) is 0 Å². The summed E-state index contributed by atoms with van der Waals surface area (Å²) in [5.74, 6) is -1.07. The molecule has 21 heavy (non-hydrogen) atoms. The summed E-state index contributed by atoms with van der Waals surface area (Å²) in [6.45, 7) is 1.44. The molecule has 114 valence electrons. The summed E-state index contributed by atoms with van der Waals surface area (Å²) in [5, 5.41) is 17.4. The van der Waals surface area contributed by atoms with Gasteiger partial charge in [-0.3, -0.25) is 4.79 Å². The molecular weight excluding hydrogens is 296 g/mol. The number of aryl methyl sites for hydroxylation is 1. The number of carboxylic acids is 1. The van der Waals surface area contributed by atoms with Crippen LogP contribution in [-0.2, 0) is 19.6 Å². The molecule has 0 aromatic heterocycles. The third kappa shape index (κ3) is 4.82. The van der Waals surface area contributed by atoms with Crippen LogP contribution >= 0.6 is 0 Å². The van der Waals surface area contributed by atoms with Crippen LogP contribution in [0.4, 0.5) is 0 Å². The minimum atomic E-state index is -3.79. The molecule has 1 rings (SSSR count). The maximum absolute atomic E-state index is 12.2. The number of nitrogens with one attached hydrogen (secondary N) is 1. The summed E-state index contributed by atoms with van der Waals surface area (Å²) in [5.41, 5.74) is 0.806. The highest BCUT2D eigenvalue weighted by atomic mass is 32.2. The normalized spacial score (nSPS) is 12.6. The molecule has 0 aliphatic heterocycles. The maximum atomic E-state index is 12.2. The van der Waals surface area contributed by atoms with Crippen molar-refractivity contribution < 1.29 is 23.1 Å². The van der Waals surface area contributed by atoms with Crippen LogP contribution in [0.15, 0.2) is 23.1 Å². The zero-order valence-electron chi connectivity index (χ0n) is 11.7. The second-order valence-electron chi connectivity index (χ2n) is 4.40. The largest absolute Gasteiger partial charge is 0.481 e. The van der Waals surface area contributed by atoms with E-state index in [9.17, 15) is 13.2 Å². The smallest absolute Gasteiger partial charge is 0.306 e. The number of benzene rings is 1. The minimum Gasteiger partial charge on any atom is -0.481 e. The second-order valence-corrected chi connectivity index (χ2v) is 6.13. The number of methoxy groups -OCH3 is 1. The predicted octanol–water partition coefficient (Wildman–Crippen LogP) is 0.635. The summed E-state index contributed by atoms with van der Waals surface area (Å²) in [4.78, 5) is 10.6. The van der Waals surface area contributed by atoms with Crippen molar-refractivity contribution in [3.05, 3.63) is 29.3 Å². The predicted molar refractivity (Wildman–Crippen MR) is 74.1 cm³/mol. The Balaban J connectivity index is 2.87. The third-order valence-corrected chi connectivity index (χ3v) is 4.41. The topological polar surface area (TPSA) is 116 Å². The van der Waals surface area contributed by atoms with Crippen LogP contribution in [0.25, 0.3) is 0 Å². The van der Waals surface area contributed by atoms with Crippen molar-refractivity contribution in [3.63, 3.8) is 0 Å². The average molecular weight is 312 g/mol. The Hall–Kier alpha value is -1.95. The number of nitrogens with zero attached hydrogens (tertiary/aromatic N) is 1. The van der Waals surface area contributed by atoms with E-state index >= 15 is 0 Å². The van der Waals surface area contributed by atoms with Gasteiger partial charge in [0.15, 0.2) is 0 Å². The van der Waals surface area contributed by atoms with Crippen LogP contribution < -0.4 is 4.72 Å². The van der Waals surface area contributed by atoms with Gasteiger partial charge in [-0.1, -0.05) is 0 Å². The summed E-state index contributed by atoms with van der Waals surface area (Å²) in [6, 6.07) is 6.15. The number of hydrogen-bond donors (Lipinski definition) is 2. The fourth-order valence-electron chi connectivity index (χ4n) is 1.73. The Morgan fingerprint density at radius 3 is 2.67 bits per heavy atom. The molecule has 0 radical (unpaired) electrons. The van der Waals surface area contributed by atoms with Crippen LogP contribution in [0, 0.1) is 18.3 Å². The number of carboxylic acid groups (broad SMARTS) is 1. The second kappa shape index (κ2) is 7.17. The number of aliphatic carboxylic acids is 1. The van der Waals surface area contributed by atoms with Crippen molar-refractivity contribution in [1.82, 2.24) is 4.72 Å². The molecular formula is C13H16N2O5S. The van der Waals surface area contributed by atoms with Gasteiger partial charge >= 0.3 is 5.97 Å². The third-order valence-electron chi connectivity index (χ3n) is 2.83. The van der Waals surface area contributed by atoms with Crippen molar-refractivity contribution in [2.24, 2.45) is 0 Å². The Bertz CT molecular complexity index is 664. The fraction of sp³-hybridized carbons (Fsp3) is 0.385. The summed E-state index contributed by atoms with van der Waals surface area (Å²) in [7, 11) is -2.47. The molecule has 0 aliphatic rings. The van der Waals surface area contributed by atoms with Gasteiger partial charge in [-0.2, -0.15) is 5.26 Å². The number of ether oxygens (including phenoxy) is 1.